The largest absolute Gasteiger partial charge is 0.355 e. The summed E-state index contributed by atoms with van der Waals surface area (Å²) < 4.78 is 0. The Hall–Kier alpha value is -1.05. The van der Waals surface area contributed by atoms with Gasteiger partial charge in [-0.3, -0.25) is 0 Å². The highest BCUT2D eigenvalue weighted by Gasteiger charge is 2.47. The topological polar surface area (TPSA) is 16.1 Å². The first-order chi connectivity index (χ1) is 6.38. The fourth-order valence-electron chi connectivity index (χ4n) is 2.46. The lowest BCUT2D eigenvalue weighted by atomic mass is 9.63. The van der Waals surface area contributed by atoms with E-state index in [-0.39, 0.29) is 0 Å². The van der Waals surface area contributed by atoms with Crippen molar-refractivity contribution in [2.75, 3.05) is 18.0 Å². The zero-order chi connectivity index (χ0) is 8.73. The molecule has 0 aromatic carbocycles. The third kappa shape index (κ3) is 1.05. The van der Waals surface area contributed by atoms with Gasteiger partial charge in [0.15, 0.2) is 0 Å². The van der Waals surface area contributed by atoms with Gasteiger partial charge in [0.2, 0.25) is 0 Å². The van der Waals surface area contributed by atoms with Crippen LogP contribution >= 0.6 is 0 Å². The van der Waals surface area contributed by atoms with E-state index in [0.717, 1.165) is 5.82 Å². The molecule has 1 aliphatic heterocycles. The van der Waals surface area contributed by atoms with E-state index in [1.807, 2.05) is 12.3 Å². The maximum atomic E-state index is 4.35. The third-order valence-corrected chi connectivity index (χ3v) is 3.44. The highest BCUT2D eigenvalue weighted by molar-refractivity contribution is 5.43. The quantitative estimate of drug-likeness (QED) is 0.648. The van der Waals surface area contributed by atoms with E-state index in [2.05, 4.69) is 22.0 Å². The molecule has 1 saturated heterocycles. The molecular weight excluding hydrogens is 160 g/mol. The maximum absolute atomic E-state index is 4.35. The van der Waals surface area contributed by atoms with Gasteiger partial charge in [-0.2, -0.15) is 0 Å². The molecule has 2 heteroatoms. The van der Waals surface area contributed by atoms with Crippen molar-refractivity contribution in [3.8, 4) is 0 Å². The van der Waals surface area contributed by atoms with Gasteiger partial charge in [-0.05, 0) is 25.0 Å². The van der Waals surface area contributed by atoms with Crippen LogP contribution in [0.2, 0.25) is 0 Å². The molecule has 3 rings (SSSR count). The Kier molecular flexibility index (Phi) is 1.40. The van der Waals surface area contributed by atoms with Crippen LogP contribution in [0.5, 0.6) is 0 Å². The summed E-state index contributed by atoms with van der Waals surface area (Å²) in [5.41, 5.74) is 0.706. The Morgan fingerprint density at radius 1 is 1.23 bits per heavy atom. The summed E-state index contributed by atoms with van der Waals surface area (Å²) in [5.74, 6) is 1.15. The van der Waals surface area contributed by atoms with E-state index in [1.165, 1.54) is 32.4 Å². The lowest BCUT2D eigenvalue weighted by Crippen LogP contribution is -2.60. The predicted octanol–water partition coefficient (Wildman–Crippen LogP) is 2.07. The summed E-state index contributed by atoms with van der Waals surface area (Å²) in [7, 11) is 0. The van der Waals surface area contributed by atoms with Gasteiger partial charge in [-0.1, -0.05) is 12.5 Å². The molecule has 1 aromatic heterocycles. The van der Waals surface area contributed by atoms with Gasteiger partial charge in [0, 0.05) is 24.7 Å². The summed E-state index contributed by atoms with van der Waals surface area (Å²) >= 11 is 0. The smallest absolute Gasteiger partial charge is 0.128 e. The van der Waals surface area contributed by atoms with E-state index in [1.54, 1.807) is 0 Å². The third-order valence-electron chi connectivity index (χ3n) is 3.44. The molecule has 1 aliphatic carbocycles. The van der Waals surface area contributed by atoms with E-state index < -0.39 is 0 Å². The molecule has 0 N–H and O–H groups in total. The van der Waals surface area contributed by atoms with Gasteiger partial charge in [0.25, 0.3) is 0 Å². The van der Waals surface area contributed by atoms with E-state index in [9.17, 15) is 0 Å². The zero-order valence-electron chi connectivity index (χ0n) is 7.74. The molecule has 0 radical (unpaired) electrons. The molecule has 2 fully saturated rings. The number of hydrogen-bond donors (Lipinski definition) is 0. The van der Waals surface area contributed by atoms with Gasteiger partial charge >= 0.3 is 0 Å². The summed E-state index contributed by atoms with van der Waals surface area (Å²) in [6, 6.07) is 6.14. The van der Waals surface area contributed by atoms with Crippen LogP contribution in [-0.4, -0.2) is 18.1 Å². The van der Waals surface area contributed by atoms with E-state index in [4.69, 9.17) is 0 Å². The molecule has 0 atom stereocenters. The Bertz CT molecular complexity index is 295. The molecule has 0 unspecified atom stereocenters. The average Bonchev–Trinajstić information content (AvgIpc) is 2.01. The molecular formula is C11H14N2. The van der Waals surface area contributed by atoms with Crippen LogP contribution in [0, 0.1) is 5.41 Å². The first-order valence-electron chi connectivity index (χ1n) is 5.04. The molecule has 68 valence electrons. The second-order valence-electron chi connectivity index (χ2n) is 4.40. The second-order valence-corrected chi connectivity index (χ2v) is 4.40. The van der Waals surface area contributed by atoms with Crippen molar-refractivity contribution in [1.82, 2.24) is 4.98 Å². The Morgan fingerprint density at radius 2 is 2.08 bits per heavy atom. The van der Waals surface area contributed by atoms with Gasteiger partial charge in [-0.25, -0.2) is 4.98 Å². The van der Waals surface area contributed by atoms with Gasteiger partial charge in [0.05, 0.1) is 0 Å². The Labute approximate surface area is 78.6 Å². The van der Waals surface area contributed by atoms with Crippen LogP contribution in [0.4, 0.5) is 5.82 Å². The number of nitrogens with zero attached hydrogens (tertiary/aromatic N) is 2. The molecule has 1 spiro atoms. The minimum atomic E-state index is 0.706. The molecule has 1 aromatic rings. The number of hydrogen-bond acceptors (Lipinski definition) is 2. The predicted molar refractivity (Wildman–Crippen MR) is 52.7 cm³/mol. The molecule has 2 heterocycles. The lowest BCUT2D eigenvalue weighted by Gasteiger charge is -2.56. The summed E-state index contributed by atoms with van der Waals surface area (Å²) in [5, 5.41) is 0. The highest BCUT2D eigenvalue weighted by Crippen LogP contribution is 2.48. The van der Waals surface area contributed by atoms with Gasteiger partial charge < -0.3 is 4.90 Å². The van der Waals surface area contributed by atoms with Crippen molar-refractivity contribution in [3.05, 3.63) is 24.4 Å². The molecule has 0 amide bonds. The average molecular weight is 174 g/mol. The Balaban J connectivity index is 1.71. The normalized spacial score (nSPS) is 23.8. The van der Waals surface area contributed by atoms with E-state index in [0.29, 0.717) is 5.41 Å². The first kappa shape index (κ1) is 7.36. The fourth-order valence-corrected chi connectivity index (χ4v) is 2.46. The van der Waals surface area contributed by atoms with Crippen LogP contribution in [0.15, 0.2) is 24.4 Å². The summed E-state index contributed by atoms with van der Waals surface area (Å²) in [6.45, 7) is 2.48. The highest BCUT2D eigenvalue weighted by atomic mass is 15.3. The van der Waals surface area contributed by atoms with E-state index >= 15 is 0 Å². The molecule has 1 saturated carbocycles. The zero-order valence-corrected chi connectivity index (χ0v) is 7.74. The minimum Gasteiger partial charge on any atom is -0.355 e. The standard InChI is InChI=1S/C11H14N2/c1-2-7-12-10(4-1)13-8-11(9-13)5-3-6-11/h1-2,4,7H,3,5-6,8-9H2. The van der Waals surface area contributed by atoms with Crippen molar-refractivity contribution < 1.29 is 0 Å². The maximum Gasteiger partial charge on any atom is 0.128 e. The SMILES string of the molecule is c1ccc(N2CC3(CCC3)C2)nc1. The number of anilines is 1. The number of rotatable bonds is 1. The second kappa shape index (κ2) is 2.47. The molecule has 0 bridgehead atoms. The number of pyridine rings is 1. The summed E-state index contributed by atoms with van der Waals surface area (Å²) in [4.78, 5) is 6.74. The fraction of sp³-hybridized carbons (Fsp3) is 0.545. The van der Waals surface area contributed by atoms with Crippen LogP contribution in [-0.2, 0) is 0 Å². The van der Waals surface area contributed by atoms with Gasteiger partial charge in [0.1, 0.15) is 5.82 Å². The monoisotopic (exact) mass is 174 g/mol. The number of aromatic nitrogens is 1. The van der Waals surface area contributed by atoms with Crippen molar-refractivity contribution in [3.63, 3.8) is 0 Å². The van der Waals surface area contributed by atoms with Crippen molar-refractivity contribution in [2.45, 2.75) is 19.3 Å². The minimum absolute atomic E-state index is 0.706. The van der Waals surface area contributed by atoms with Gasteiger partial charge in [-0.15, -0.1) is 0 Å². The first-order valence-corrected chi connectivity index (χ1v) is 5.04. The van der Waals surface area contributed by atoms with Crippen LogP contribution < -0.4 is 4.90 Å². The molecule has 13 heavy (non-hydrogen) atoms. The van der Waals surface area contributed by atoms with Crippen molar-refractivity contribution in [2.24, 2.45) is 5.41 Å². The van der Waals surface area contributed by atoms with Crippen LogP contribution in [0.1, 0.15) is 19.3 Å². The summed E-state index contributed by atoms with van der Waals surface area (Å²) in [6.07, 6.45) is 6.20. The van der Waals surface area contributed by atoms with Crippen molar-refractivity contribution >= 4 is 5.82 Å². The molecule has 2 aliphatic rings. The lowest BCUT2D eigenvalue weighted by molar-refractivity contribution is 0.0896. The van der Waals surface area contributed by atoms with Crippen LogP contribution in [0.25, 0.3) is 0 Å². The van der Waals surface area contributed by atoms with Crippen LogP contribution in [0.3, 0.4) is 0 Å². The molecule has 2 nitrogen and oxygen atoms in total. The Morgan fingerprint density at radius 3 is 2.62 bits per heavy atom. The van der Waals surface area contributed by atoms with Crippen molar-refractivity contribution in [1.29, 1.82) is 0 Å².